The number of rotatable bonds is 4. The van der Waals surface area contributed by atoms with Gasteiger partial charge in [-0.2, -0.15) is 0 Å². The van der Waals surface area contributed by atoms with Crippen molar-refractivity contribution in [3.63, 3.8) is 0 Å². The van der Waals surface area contributed by atoms with Crippen LogP contribution in [0.2, 0.25) is 0 Å². The van der Waals surface area contributed by atoms with Crippen molar-refractivity contribution in [3.05, 3.63) is 11.6 Å². The molecule has 16 heavy (non-hydrogen) atoms. The largest absolute Gasteiger partial charge is 0.492 e. The molecule has 0 aromatic heterocycles. The van der Waals surface area contributed by atoms with Gasteiger partial charge in [0.05, 0.1) is 32.6 Å². The molecule has 0 heterocycles. The predicted octanol–water partition coefficient (Wildman–Crippen LogP) is 0.393. The van der Waals surface area contributed by atoms with E-state index in [1.807, 2.05) is 0 Å². The molecule has 0 aliphatic rings. The normalized spacial score (nSPS) is 9.69. The third kappa shape index (κ3) is 1.81. The van der Waals surface area contributed by atoms with Gasteiger partial charge in [0.15, 0.2) is 11.5 Å². The van der Waals surface area contributed by atoms with Crippen LogP contribution in [0.25, 0.3) is 0 Å². The first-order chi connectivity index (χ1) is 7.56. The summed E-state index contributed by atoms with van der Waals surface area (Å²) in [7, 11) is 4.27. The van der Waals surface area contributed by atoms with E-state index in [0.717, 1.165) is 0 Å². The van der Waals surface area contributed by atoms with Crippen molar-refractivity contribution in [2.75, 3.05) is 27.1 Å². The fraction of sp³-hybridized carbons (Fsp3) is 0.300. The summed E-state index contributed by atoms with van der Waals surface area (Å²) < 4.78 is 15.2. The van der Waals surface area contributed by atoms with E-state index in [4.69, 9.17) is 25.7 Å². The molecule has 0 aliphatic carbocycles. The Kier molecular flexibility index (Phi) is 3.44. The molecule has 0 unspecified atom stereocenters. The zero-order valence-corrected chi connectivity index (χ0v) is 9.37. The smallest absolute Gasteiger partial charge is 0.252 e. The molecule has 0 spiro atoms. The van der Waals surface area contributed by atoms with Crippen LogP contribution in [0.4, 0.5) is 5.69 Å². The molecular weight excluding hydrogens is 212 g/mol. The first-order valence-corrected chi connectivity index (χ1v) is 4.45. The number of nitrogen functional groups attached to an aromatic ring is 1. The van der Waals surface area contributed by atoms with Gasteiger partial charge in [-0.1, -0.05) is 0 Å². The predicted molar refractivity (Wildman–Crippen MR) is 59.0 cm³/mol. The molecular formula is C10H14N2O4. The number of primary amides is 1. The topological polar surface area (TPSA) is 96.8 Å². The van der Waals surface area contributed by atoms with Crippen LogP contribution in [0.15, 0.2) is 6.07 Å². The number of carbonyl (C=O) groups excluding carboxylic acids is 1. The fourth-order valence-corrected chi connectivity index (χ4v) is 1.42. The third-order valence-corrected chi connectivity index (χ3v) is 2.10. The maximum Gasteiger partial charge on any atom is 0.252 e. The average Bonchev–Trinajstić information content (AvgIpc) is 2.27. The Labute approximate surface area is 93.1 Å². The highest BCUT2D eigenvalue weighted by Gasteiger charge is 2.21. The van der Waals surface area contributed by atoms with Crippen LogP contribution < -0.4 is 25.7 Å². The van der Waals surface area contributed by atoms with Gasteiger partial charge >= 0.3 is 0 Å². The number of anilines is 1. The molecule has 0 radical (unpaired) electrons. The lowest BCUT2D eigenvalue weighted by atomic mass is 10.1. The van der Waals surface area contributed by atoms with Gasteiger partial charge in [-0.05, 0) is 6.07 Å². The Morgan fingerprint density at radius 1 is 1.06 bits per heavy atom. The number of hydrogen-bond donors (Lipinski definition) is 2. The Hall–Kier alpha value is -2.11. The summed E-state index contributed by atoms with van der Waals surface area (Å²) in [6.45, 7) is 0. The molecule has 1 aromatic rings. The number of amides is 1. The summed E-state index contributed by atoms with van der Waals surface area (Å²) in [5.41, 5.74) is 11.3. The van der Waals surface area contributed by atoms with E-state index < -0.39 is 5.91 Å². The van der Waals surface area contributed by atoms with Crippen molar-refractivity contribution < 1.29 is 19.0 Å². The second-order valence-electron chi connectivity index (χ2n) is 2.98. The number of nitrogens with two attached hydrogens (primary N) is 2. The zero-order valence-electron chi connectivity index (χ0n) is 9.37. The molecule has 1 rings (SSSR count). The highest BCUT2D eigenvalue weighted by atomic mass is 16.5. The van der Waals surface area contributed by atoms with Crippen LogP contribution in [-0.4, -0.2) is 27.2 Å². The lowest BCUT2D eigenvalue weighted by molar-refractivity contribution is 0.0996. The highest BCUT2D eigenvalue weighted by Crippen LogP contribution is 2.43. The van der Waals surface area contributed by atoms with Crippen molar-refractivity contribution in [3.8, 4) is 17.2 Å². The maximum atomic E-state index is 11.2. The minimum absolute atomic E-state index is 0.151. The summed E-state index contributed by atoms with van der Waals surface area (Å²) in [4.78, 5) is 11.2. The van der Waals surface area contributed by atoms with Gasteiger partial charge in [0, 0.05) is 0 Å². The van der Waals surface area contributed by atoms with Crippen LogP contribution >= 0.6 is 0 Å². The summed E-state index contributed by atoms with van der Waals surface area (Å²) >= 11 is 0. The second kappa shape index (κ2) is 4.61. The molecule has 4 N–H and O–H groups in total. The minimum atomic E-state index is -0.649. The van der Waals surface area contributed by atoms with Gasteiger partial charge in [0.25, 0.3) is 5.91 Å². The summed E-state index contributed by atoms with van der Waals surface area (Å²) in [5, 5.41) is 0. The van der Waals surface area contributed by atoms with E-state index in [0.29, 0.717) is 5.75 Å². The molecule has 0 saturated heterocycles. The Morgan fingerprint density at radius 2 is 1.56 bits per heavy atom. The van der Waals surface area contributed by atoms with Gasteiger partial charge in [0.2, 0.25) is 5.75 Å². The Balaban J connectivity index is 3.56. The first-order valence-electron chi connectivity index (χ1n) is 4.45. The summed E-state index contributed by atoms with van der Waals surface area (Å²) in [6, 6.07) is 1.39. The van der Waals surface area contributed by atoms with Crippen molar-refractivity contribution >= 4 is 11.6 Å². The number of methoxy groups -OCH3 is 3. The summed E-state index contributed by atoms with van der Waals surface area (Å²) in [5.74, 6) is 0.119. The number of carbonyl (C=O) groups is 1. The quantitative estimate of drug-likeness (QED) is 0.724. The van der Waals surface area contributed by atoms with Crippen LogP contribution in [0.5, 0.6) is 17.2 Å². The second-order valence-corrected chi connectivity index (χ2v) is 2.98. The van der Waals surface area contributed by atoms with E-state index in [1.165, 1.54) is 27.4 Å². The van der Waals surface area contributed by atoms with Gasteiger partial charge in [0.1, 0.15) is 0 Å². The van der Waals surface area contributed by atoms with Crippen LogP contribution in [-0.2, 0) is 0 Å². The zero-order chi connectivity index (χ0) is 12.3. The first kappa shape index (κ1) is 12.0. The van der Waals surface area contributed by atoms with Gasteiger partial charge < -0.3 is 25.7 Å². The average molecular weight is 226 g/mol. The van der Waals surface area contributed by atoms with Crippen LogP contribution in [0.1, 0.15) is 10.4 Å². The molecule has 0 aliphatic heterocycles. The third-order valence-electron chi connectivity index (χ3n) is 2.10. The molecule has 6 heteroatoms. The van der Waals surface area contributed by atoms with Gasteiger partial charge in [-0.25, -0.2) is 0 Å². The van der Waals surface area contributed by atoms with Crippen molar-refractivity contribution in [1.29, 1.82) is 0 Å². The van der Waals surface area contributed by atoms with E-state index in [2.05, 4.69) is 0 Å². The van der Waals surface area contributed by atoms with E-state index >= 15 is 0 Å². The molecule has 0 atom stereocenters. The van der Waals surface area contributed by atoms with Crippen molar-refractivity contribution in [2.45, 2.75) is 0 Å². The minimum Gasteiger partial charge on any atom is -0.492 e. The Morgan fingerprint density at radius 3 is 1.94 bits per heavy atom. The molecule has 6 nitrogen and oxygen atoms in total. The van der Waals surface area contributed by atoms with E-state index in [9.17, 15) is 4.79 Å². The number of hydrogen-bond acceptors (Lipinski definition) is 5. The van der Waals surface area contributed by atoms with Crippen LogP contribution in [0, 0.1) is 0 Å². The summed E-state index contributed by atoms with van der Waals surface area (Å²) in [6.07, 6.45) is 0. The van der Waals surface area contributed by atoms with E-state index in [1.54, 1.807) is 0 Å². The Bertz CT molecular complexity index is 418. The highest BCUT2D eigenvalue weighted by molar-refractivity contribution is 5.98. The lowest BCUT2D eigenvalue weighted by Crippen LogP contribution is -2.14. The SMILES string of the molecule is COc1c(N)cc(C(N)=O)c(OC)c1OC. The molecule has 1 amide bonds. The molecule has 88 valence electrons. The van der Waals surface area contributed by atoms with Crippen molar-refractivity contribution in [1.82, 2.24) is 0 Å². The van der Waals surface area contributed by atoms with Gasteiger partial charge in [-0.3, -0.25) is 4.79 Å². The molecule has 0 bridgehead atoms. The number of benzene rings is 1. The molecule has 0 fully saturated rings. The fourth-order valence-electron chi connectivity index (χ4n) is 1.42. The molecule has 0 saturated carbocycles. The lowest BCUT2D eigenvalue weighted by Gasteiger charge is -2.16. The van der Waals surface area contributed by atoms with Gasteiger partial charge in [-0.15, -0.1) is 0 Å². The molecule has 1 aromatic carbocycles. The number of ether oxygens (including phenoxy) is 3. The standard InChI is InChI=1S/C10H14N2O4/c1-14-7-5(10(12)13)4-6(11)8(15-2)9(7)16-3/h4H,11H2,1-3H3,(H2,12,13). The maximum absolute atomic E-state index is 11.2. The van der Waals surface area contributed by atoms with Crippen LogP contribution in [0.3, 0.4) is 0 Å². The van der Waals surface area contributed by atoms with E-state index in [-0.39, 0.29) is 22.7 Å². The van der Waals surface area contributed by atoms with Crippen molar-refractivity contribution in [2.24, 2.45) is 5.73 Å². The monoisotopic (exact) mass is 226 g/mol.